The average molecular weight is 565 g/mol. The highest BCUT2D eigenvalue weighted by atomic mass is 16.5. The lowest BCUT2D eigenvalue weighted by atomic mass is 9.94. The highest BCUT2D eigenvalue weighted by molar-refractivity contribution is 5.95. The number of carbonyl (C=O) groups is 3. The van der Waals surface area contributed by atoms with Crippen LogP contribution in [0.5, 0.6) is 0 Å². The maximum Gasteiger partial charge on any atom is 0.329 e. The van der Waals surface area contributed by atoms with Crippen LogP contribution in [0.1, 0.15) is 56.1 Å². The van der Waals surface area contributed by atoms with Crippen molar-refractivity contribution in [3.8, 4) is 0 Å². The highest BCUT2D eigenvalue weighted by Gasteiger charge is 2.30. The Morgan fingerprint density at radius 1 is 1.20 bits per heavy atom. The number of aromatic amines is 2. The maximum absolute atomic E-state index is 13.4. The minimum absolute atomic E-state index is 0.0593. The zero-order valence-corrected chi connectivity index (χ0v) is 24.0. The molecule has 11 heteroatoms. The lowest BCUT2D eigenvalue weighted by molar-refractivity contribution is -0.155. The number of hydrogen-bond acceptors (Lipinski definition) is 7. The molecule has 3 rings (SSSR count). The number of amides is 2. The molecule has 2 amide bonds. The number of fused-ring (bicyclic) bond motifs is 2. The minimum atomic E-state index is -1.01. The van der Waals surface area contributed by atoms with Gasteiger partial charge in [0.05, 0.1) is 18.6 Å². The molecule has 0 spiro atoms. The molecule has 0 aromatic carbocycles. The van der Waals surface area contributed by atoms with Crippen LogP contribution in [-0.2, 0) is 27.2 Å². The monoisotopic (exact) mass is 564 g/mol. The highest BCUT2D eigenvalue weighted by Crippen LogP contribution is 2.20. The van der Waals surface area contributed by atoms with E-state index < -0.39 is 30.1 Å². The smallest absolute Gasteiger partial charge is 0.329 e. The maximum atomic E-state index is 13.4. The summed E-state index contributed by atoms with van der Waals surface area (Å²) in [5.41, 5.74) is 2.38. The fraction of sp³-hybridized carbons (Fsp3) is 0.433. The van der Waals surface area contributed by atoms with Gasteiger partial charge >= 0.3 is 5.97 Å². The van der Waals surface area contributed by atoms with Crippen LogP contribution in [0.4, 0.5) is 0 Å². The predicted octanol–water partition coefficient (Wildman–Crippen LogP) is 2.72. The number of ether oxygens (including phenoxy) is 1. The molecule has 2 aromatic heterocycles. The zero-order valence-electron chi connectivity index (χ0n) is 24.0. The molecule has 2 aromatic rings. The zero-order chi connectivity index (χ0) is 29.9. The number of cyclic esters (lactones) is 1. The van der Waals surface area contributed by atoms with Crippen molar-refractivity contribution in [2.75, 3.05) is 6.54 Å². The third-order valence-corrected chi connectivity index (χ3v) is 6.57. The quantitative estimate of drug-likeness (QED) is 0.283. The largest absolute Gasteiger partial charge is 0.460 e. The van der Waals surface area contributed by atoms with Crippen LogP contribution in [0.15, 0.2) is 66.8 Å². The second-order valence-electron chi connectivity index (χ2n) is 10.7. The predicted molar refractivity (Wildman–Crippen MR) is 155 cm³/mol. The Bertz CT molecular complexity index is 1290. The fourth-order valence-electron chi connectivity index (χ4n) is 4.51. The first-order valence-electron chi connectivity index (χ1n) is 13.7. The number of allylic oxidation sites excluding steroid dienone is 2. The van der Waals surface area contributed by atoms with Crippen molar-refractivity contribution in [2.24, 2.45) is 11.8 Å². The van der Waals surface area contributed by atoms with Crippen LogP contribution in [0.3, 0.4) is 0 Å². The Morgan fingerprint density at radius 3 is 2.68 bits per heavy atom. The Kier molecular flexibility index (Phi) is 11.4. The number of H-pyrrole nitrogens is 2. The molecule has 11 nitrogen and oxygen atoms in total. The number of nitrogens with one attached hydrogen (secondary N) is 4. The first kappa shape index (κ1) is 31.3. The van der Waals surface area contributed by atoms with Gasteiger partial charge in [-0.15, -0.1) is 0 Å². The van der Waals surface area contributed by atoms with Gasteiger partial charge in [0.15, 0.2) is 0 Å². The number of carbonyl (C=O) groups excluding carboxylic acids is 3. The van der Waals surface area contributed by atoms with E-state index in [2.05, 4.69) is 37.1 Å². The van der Waals surface area contributed by atoms with Crippen LogP contribution < -0.4 is 10.6 Å². The summed E-state index contributed by atoms with van der Waals surface area (Å²) in [7, 11) is 0. The molecule has 41 heavy (non-hydrogen) atoms. The van der Waals surface area contributed by atoms with E-state index in [4.69, 9.17) is 4.74 Å². The van der Waals surface area contributed by atoms with E-state index in [1.807, 2.05) is 33.8 Å². The van der Waals surface area contributed by atoms with Crippen molar-refractivity contribution in [3.05, 3.63) is 84.0 Å². The van der Waals surface area contributed by atoms with E-state index in [1.54, 1.807) is 24.4 Å². The molecular weight excluding hydrogens is 524 g/mol. The van der Waals surface area contributed by atoms with Crippen LogP contribution in [-0.4, -0.2) is 67.6 Å². The molecule has 1 aliphatic heterocycles. The van der Waals surface area contributed by atoms with Gasteiger partial charge in [0.2, 0.25) is 5.91 Å². The molecule has 0 saturated heterocycles. The van der Waals surface area contributed by atoms with Crippen LogP contribution in [0.25, 0.3) is 0 Å². The number of nitrogens with zero attached hydrogens (tertiary/aromatic N) is 2. The number of esters is 1. The Labute approximate surface area is 240 Å². The first-order valence-corrected chi connectivity index (χ1v) is 13.7. The number of aromatic nitrogens is 4. The van der Waals surface area contributed by atoms with Gasteiger partial charge in [0.25, 0.3) is 5.91 Å². The van der Waals surface area contributed by atoms with E-state index in [-0.39, 0.29) is 29.9 Å². The third-order valence-electron chi connectivity index (χ3n) is 6.57. The van der Waals surface area contributed by atoms with Gasteiger partial charge in [0, 0.05) is 37.2 Å². The Hall–Kier alpha value is -4.25. The van der Waals surface area contributed by atoms with Crippen molar-refractivity contribution < 1.29 is 24.2 Å². The molecule has 2 bridgehead atoms. The van der Waals surface area contributed by atoms with Crippen molar-refractivity contribution in [1.29, 1.82) is 0 Å². The summed E-state index contributed by atoms with van der Waals surface area (Å²) >= 11 is 0. The third kappa shape index (κ3) is 10.0. The van der Waals surface area contributed by atoms with Gasteiger partial charge in [-0.25, -0.2) is 14.8 Å². The molecule has 5 N–H and O–H groups in total. The van der Waals surface area contributed by atoms with Crippen LogP contribution in [0.2, 0.25) is 0 Å². The van der Waals surface area contributed by atoms with Crippen LogP contribution in [0, 0.1) is 11.8 Å². The van der Waals surface area contributed by atoms with E-state index in [0.717, 1.165) is 11.1 Å². The lowest BCUT2D eigenvalue weighted by Gasteiger charge is -2.28. The van der Waals surface area contributed by atoms with E-state index in [1.165, 1.54) is 18.6 Å². The molecule has 0 radical (unpaired) electrons. The molecular formula is C30H40N6O5. The van der Waals surface area contributed by atoms with Gasteiger partial charge in [-0.1, -0.05) is 62.8 Å². The Balaban J connectivity index is 1.88. The summed E-state index contributed by atoms with van der Waals surface area (Å²) < 4.78 is 5.92. The van der Waals surface area contributed by atoms with Crippen molar-refractivity contribution in [2.45, 2.75) is 65.2 Å². The number of rotatable bonds is 3. The summed E-state index contributed by atoms with van der Waals surface area (Å²) in [6, 6.07) is -1.01. The minimum Gasteiger partial charge on any atom is -0.460 e. The molecule has 0 fully saturated rings. The fourth-order valence-corrected chi connectivity index (χ4v) is 4.51. The van der Waals surface area contributed by atoms with Crippen molar-refractivity contribution >= 4 is 17.8 Å². The summed E-state index contributed by atoms with van der Waals surface area (Å²) in [4.78, 5) is 53.1. The standard InChI is InChI=1S/C30H40N6O5/c1-18(2)28-21(5)8-9-27(38)32-10-6-7-19(3)11-23(37)12-20(4)13-26-33-16-25(35-26)29(39)36-24(30(40)41-28)14-22-15-31-17-34-22/h6-9,11,15-18,21,23-24,28,37H,4,10,12-14H2,1-3,5H3,(H,31,34)(H,32,38)(H,33,35)(H,36,39)/b7-6+,9-8+,19-11+/t21-,23-,24-,28-/m1/s1. The summed E-state index contributed by atoms with van der Waals surface area (Å²) in [6.45, 7) is 11.9. The topological polar surface area (TPSA) is 162 Å². The molecule has 0 saturated carbocycles. The molecule has 0 unspecified atom stereocenters. The molecule has 3 heterocycles. The van der Waals surface area contributed by atoms with Gasteiger partial charge in [0.1, 0.15) is 23.7 Å². The van der Waals surface area contributed by atoms with E-state index in [9.17, 15) is 19.5 Å². The number of aliphatic hydroxyl groups is 1. The number of aliphatic hydroxyl groups excluding tert-OH is 1. The van der Waals surface area contributed by atoms with Gasteiger partial charge in [-0.05, 0) is 25.3 Å². The van der Waals surface area contributed by atoms with Gasteiger partial charge in [-0.2, -0.15) is 0 Å². The SMILES string of the molecule is C=C1Cc2ncc([nH]2)C(=O)N[C@H](Cc2cnc[nH]2)C(=O)O[C@H](C(C)C)[C@H](C)/C=C/C(=O)NC/C=C/C(C)=C/[C@@H](O)C1. The molecule has 4 atom stereocenters. The molecule has 1 aliphatic rings. The molecule has 220 valence electrons. The summed E-state index contributed by atoms with van der Waals surface area (Å²) in [5.74, 6) is -1.24. The first-order chi connectivity index (χ1) is 19.5. The normalized spacial score (nSPS) is 26.8. The van der Waals surface area contributed by atoms with Gasteiger partial charge < -0.3 is 30.4 Å². The lowest BCUT2D eigenvalue weighted by Crippen LogP contribution is -2.46. The Morgan fingerprint density at radius 2 is 1.98 bits per heavy atom. The molecule has 0 aliphatic carbocycles. The second-order valence-corrected chi connectivity index (χ2v) is 10.7. The van der Waals surface area contributed by atoms with Gasteiger partial charge in [-0.3, -0.25) is 9.59 Å². The average Bonchev–Trinajstić information content (AvgIpc) is 3.59. The number of hydrogen-bond donors (Lipinski definition) is 5. The van der Waals surface area contributed by atoms with Crippen molar-refractivity contribution in [1.82, 2.24) is 30.6 Å². The van der Waals surface area contributed by atoms with Crippen LogP contribution >= 0.6 is 0 Å². The summed E-state index contributed by atoms with van der Waals surface area (Å²) in [5, 5.41) is 16.0. The van der Waals surface area contributed by atoms with E-state index in [0.29, 0.717) is 30.9 Å². The number of imidazole rings is 2. The second kappa shape index (κ2) is 14.9. The van der Waals surface area contributed by atoms with Crippen molar-refractivity contribution in [3.63, 3.8) is 0 Å². The summed E-state index contributed by atoms with van der Waals surface area (Å²) in [6.07, 6.45) is 12.4. The van der Waals surface area contributed by atoms with E-state index >= 15 is 0 Å².